The Kier molecular flexibility index (Phi) is 6.07. The summed E-state index contributed by atoms with van der Waals surface area (Å²) in [6.45, 7) is 4.50. The smallest absolute Gasteiger partial charge is 0.277 e. The molecule has 26 heavy (non-hydrogen) atoms. The normalized spacial score (nSPS) is 11.9. The maximum Gasteiger partial charge on any atom is 0.277 e. The molecule has 0 aliphatic carbocycles. The molecule has 134 valence electrons. The van der Waals surface area contributed by atoms with Gasteiger partial charge in [-0.2, -0.15) is 0 Å². The van der Waals surface area contributed by atoms with E-state index in [0.717, 1.165) is 11.1 Å². The third-order valence-corrected chi connectivity index (χ3v) is 5.12. The van der Waals surface area contributed by atoms with Crippen molar-refractivity contribution in [2.75, 3.05) is 0 Å². The number of rotatable bonds is 7. The standard InChI is InChI=1S/C20H21N3O2S/c1-3-17(18(24)21-13-15-7-5-4-6-8-15)26-20-23-22-19(25-20)16-11-9-14(2)10-12-16/h4-12,17H,3,13H2,1-2H3,(H,21,24). The molecule has 6 heteroatoms. The molecule has 0 radical (unpaired) electrons. The second-order valence-electron chi connectivity index (χ2n) is 5.96. The van der Waals surface area contributed by atoms with Crippen LogP contribution in [0.2, 0.25) is 0 Å². The largest absolute Gasteiger partial charge is 0.411 e. The second-order valence-corrected chi connectivity index (χ2v) is 7.11. The van der Waals surface area contributed by atoms with Crippen molar-refractivity contribution in [1.82, 2.24) is 15.5 Å². The first kappa shape index (κ1) is 18.2. The lowest BCUT2D eigenvalue weighted by atomic mass is 10.1. The van der Waals surface area contributed by atoms with Crippen molar-refractivity contribution < 1.29 is 9.21 Å². The van der Waals surface area contributed by atoms with Crippen LogP contribution < -0.4 is 5.32 Å². The number of hydrogen-bond donors (Lipinski definition) is 1. The van der Waals surface area contributed by atoms with E-state index in [2.05, 4.69) is 15.5 Å². The summed E-state index contributed by atoms with van der Waals surface area (Å²) >= 11 is 1.30. The van der Waals surface area contributed by atoms with Gasteiger partial charge in [0.25, 0.3) is 5.22 Å². The highest BCUT2D eigenvalue weighted by molar-refractivity contribution is 8.00. The Bertz CT molecular complexity index is 847. The number of aryl methyl sites for hydroxylation is 1. The first-order chi connectivity index (χ1) is 12.7. The summed E-state index contributed by atoms with van der Waals surface area (Å²) in [6.07, 6.45) is 0.674. The first-order valence-corrected chi connectivity index (χ1v) is 9.42. The second kappa shape index (κ2) is 8.67. The quantitative estimate of drug-likeness (QED) is 0.633. The average molecular weight is 367 g/mol. The van der Waals surface area contributed by atoms with Gasteiger partial charge in [0.05, 0.1) is 5.25 Å². The van der Waals surface area contributed by atoms with Gasteiger partial charge in [-0.3, -0.25) is 4.79 Å². The van der Waals surface area contributed by atoms with Crippen LogP contribution in [0.4, 0.5) is 0 Å². The van der Waals surface area contributed by atoms with E-state index in [1.165, 1.54) is 17.3 Å². The number of aromatic nitrogens is 2. The SMILES string of the molecule is CCC(Sc1nnc(-c2ccc(C)cc2)o1)C(=O)NCc1ccccc1. The molecule has 0 spiro atoms. The molecular weight excluding hydrogens is 346 g/mol. The lowest BCUT2D eigenvalue weighted by Gasteiger charge is -2.12. The lowest BCUT2D eigenvalue weighted by Crippen LogP contribution is -2.31. The monoisotopic (exact) mass is 367 g/mol. The molecule has 1 amide bonds. The molecule has 1 heterocycles. The van der Waals surface area contributed by atoms with Crippen molar-refractivity contribution in [3.05, 3.63) is 65.7 Å². The van der Waals surface area contributed by atoms with Crippen molar-refractivity contribution in [2.45, 2.75) is 37.3 Å². The lowest BCUT2D eigenvalue weighted by molar-refractivity contribution is -0.120. The Morgan fingerprint density at radius 1 is 1.12 bits per heavy atom. The number of amides is 1. The molecule has 3 aromatic rings. The zero-order valence-corrected chi connectivity index (χ0v) is 15.6. The molecule has 0 saturated carbocycles. The van der Waals surface area contributed by atoms with E-state index in [-0.39, 0.29) is 11.2 Å². The molecule has 0 bridgehead atoms. The maximum absolute atomic E-state index is 12.4. The number of thioether (sulfide) groups is 1. The van der Waals surface area contributed by atoms with Crippen LogP contribution in [0.15, 0.2) is 64.2 Å². The minimum atomic E-state index is -0.273. The Labute approximate surface area is 157 Å². The van der Waals surface area contributed by atoms with Crippen LogP contribution in [-0.4, -0.2) is 21.4 Å². The van der Waals surface area contributed by atoms with E-state index in [1.54, 1.807) is 0 Å². The van der Waals surface area contributed by atoms with Crippen LogP contribution in [0, 0.1) is 6.92 Å². The Morgan fingerprint density at radius 2 is 1.85 bits per heavy atom. The van der Waals surface area contributed by atoms with Gasteiger partial charge >= 0.3 is 0 Å². The zero-order valence-electron chi connectivity index (χ0n) is 14.8. The number of benzene rings is 2. The predicted molar refractivity (Wildman–Crippen MR) is 103 cm³/mol. The zero-order chi connectivity index (χ0) is 18.4. The molecule has 0 aliphatic heterocycles. The number of carbonyl (C=O) groups excluding carboxylic acids is 1. The minimum Gasteiger partial charge on any atom is -0.411 e. The van der Waals surface area contributed by atoms with Gasteiger partial charge in [-0.1, -0.05) is 66.7 Å². The van der Waals surface area contributed by atoms with E-state index in [1.807, 2.05) is 68.4 Å². The highest BCUT2D eigenvalue weighted by atomic mass is 32.2. The maximum atomic E-state index is 12.4. The molecule has 0 aliphatic rings. The van der Waals surface area contributed by atoms with Crippen LogP contribution in [0.5, 0.6) is 0 Å². The number of nitrogens with zero attached hydrogens (tertiary/aromatic N) is 2. The Morgan fingerprint density at radius 3 is 2.54 bits per heavy atom. The fraction of sp³-hybridized carbons (Fsp3) is 0.250. The molecule has 0 saturated heterocycles. The Hall–Kier alpha value is -2.60. The third kappa shape index (κ3) is 4.73. The van der Waals surface area contributed by atoms with E-state index < -0.39 is 0 Å². The van der Waals surface area contributed by atoms with Crippen molar-refractivity contribution in [3.63, 3.8) is 0 Å². The summed E-state index contributed by atoms with van der Waals surface area (Å²) in [5, 5.41) is 11.3. The van der Waals surface area contributed by atoms with Crippen molar-refractivity contribution in [1.29, 1.82) is 0 Å². The van der Waals surface area contributed by atoms with Crippen molar-refractivity contribution in [2.24, 2.45) is 0 Å². The van der Waals surface area contributed by atoms with Crippen molar-refractivity contribution in [3.8, 4) is 11.5 Å². The molecule has 2 aromatic carbocycles. The third-order valence-electron chi connectivity index (χ3n) is 3.92. The molecule has 1 aromatic heterocycles. The van der Waals surface area contributed by atoms with Gasteiger partial charge in [-0.25, -0.2) is 0 Å². The van der Waals surface area contributed by atoms with Gasteiger partial charge in [0.1, 0.15) is 0 Å². The van der Waals surface area contributed by atoms with Crippen LogP contribution in [0.3, 0.4) is 0 Å². The molecule has 0 fully saturated rings. The van der Waals surface area contributed by atoms with Gasteiger partial charge in [0.15, 0.2) is 0 Å². The molecular formula is C20H21N3O2S. The van der Waals surface area contributed by atoms with Crippen LogP contribution in [0.25, 0.3) is 11.5 Å². The highest BCUT2D eigenvalue weighted by Gasteiger charge is 2.21. The summed E-state index contributed by atoms with van der Waals surface area (Å²) in [6, 6.07) is 17.7. The summed E-state index contributed by atoms with van der Waals surface area (Å²) in [7, 11) is 0. The number of carbonyl (C=O) groups is 1. The minimum absolute atomic E-state index is 0.0311. The van der Waals surface area contributed by atoms with Gasteiger partial charge in [0.2, 0.25) is 11.8 Å². The summed E-state index contributed by atoms with van der Waals surface area (Å²) < 4.78 is 5.72. The van der Waals surface area contributed by atoms with Gasteiger partial charge in [0, 0.05) is 12.1 Å². The molecule has 1 unspecified atom stereocenters. The fourth-order valence-corrected chi connectivity index (χ4v) is 3.23. The Balaban J connectivity index is 1.61. The van der Waals surface area contributed by atoms with Crippen LogP contribution in [-0.2, 0) is 11.3 Å². The van der Waals surface area contributed by atoms with E-state index in [0.29, 0.717) is 24.1 Å². The first-order valence-electron chi connectivity index (χ1n) is 8.54. The molecule has 3 rings (SSSR count). The summed E-state index contributed by atoms with van der Waals surface area (Å²) in [5.41, 5.74) is 3.11. The van der Waals surface area contributed by atoms with Gasteiger partial charge in [-0.15, -0.1) is 10.2 Å². The van der Waals surface area contributed by atoms with Crippen molar-refractivity contribution >= 4 is 17.7 Å². The van der Waals surface area contributed by atoms with Gasteiger partial charge < -0.3 is 9.73 Å². The topological polar surface area (TPSA) is 68.0 Å². The predicted octanol–water partition coefficient (Wildman–Crippen LogP) is 4.23. The molecule has 1 N–H and O–H groups in total. The van der Waals surface area contributed by atoms with Gasteiger partial charge in [-0.05, 0) is 31.0 Å². The fourth-order valence-electron chi connectivity index (χ4n) is 2.41. The number of nitrogens with one attached hydrogen (secondary N) is 1. The van der Waals surface area contributed by atoms with E-state index in [9.17, 15) is 4.79 Å². The molecule has 5 nitrogen and oxygen atoms in total. The highest BCUT2D eigenvalue weighted by Crippen LogP contribution is 2.27. The molecule has 1 atom stereocenters. The van der Waals surface area contributed by atoms with Crippen LogP contribution >= 0.6 is 11.8 Å². The van der Waals surface area contributed by atoms with E-state index >= 15 is 0 Å². The summed E-state index contributed by atoms with van der Waals surface area (Å²) in [5.74, 6) is 0.434. The summed E-state index contributed by atoms with van der Waals surface area (Å²) in [4.78, 5) is 12.4. The number of hydrogen-bond acceptors (Lipinski definition) is 5. The average Bonchev–Trinajstić information content (AvgIpc) is 3.14. The van der Waals surface area contributed by atoms with Crippen LogP contribution in [0.1, 0.15) is 24.5 Å². The van der Waals surface area contributed by atoms with E-state index in [4.69, 9.17) is 4.42 Å².